The molecule has 29 heavy (non-hydrogen) atoms. The minimum absolute atomic E-state index is 0.0487. The van der Waals surface area contributed by atoms with Crippen molar-refractivity contribution in [3.8, 4) is 11.5 Å². The number of rotatable bonds is 7. The topological polar surface area (TPSA) is 150 Å². The number of ether oxygens (including phenoxy) is 2. The summed E-state index contributed by atoms with van der Waals surface area (Å²) in [6.45, 7) is 1.24. The molecule has 1 fully saturated rings. The average Bonchev–Trinajstić information content (AvgIpc) is 3.21. The van der Waals surface area contributed by atoms with E-state index in [1.807, 2.05) is 6.92 Å². The number of aliphatic hydroxyl groups excluding tert-OH is 4. The van der Waals surface area contributed by atoms with Crippen LogP contribution < -0.4 is 4.74 Å². The van der Waals surface area contributed by atoms with Crippen LogP contribution in [0.1, 0.15) is 28.5 Å². The van der Waals surface area contributed by atoms with Gasteiger partial charge >= 0.3 is 0 Å². The number of phenols is 1. The molecule has 1 aliphatic heterocycles. The highest BCUT2D eigenvalue weighted by atomic mass is 32.1. The second kappa shape index (κ2) is 9.16. The van der Waals surface area contributed by atoms with Gasteiger partial charge in [0.05, 0.1) is 29.8 Å². The van der Waals surface area contributed by atoms with Gasteiger partial charge in [-0.15, -0.1) is 11.3 Å². The molecule has 10 heteroatoms. The van der Waals surface area contributed by atoms with Gasteiger partial charge in [-0.25, -0.2) is 4.98 Å². The lowest BCUT2D eigenvalue weighted by Gasteiger charge is -2.39. The van der Waals surface area contributed by atoms with Gasteiger partial charge in [-0.3, -0.25) is 4.79 Å². The van der Waals surface area contributed by atoms with E-state index < -0.39 is 37.3 Å². The minimum atomic E-state index is -1.58. The number of Topliss-reactive ketones (excluding diaryl/α,β-unsaturated/α-hetero) is 1. The van der Waals surface area contributed by atoms with E-state index in [1.165, 1.54) is 23.5 Å². The molecule has 158 valence electrons. The van der Waals surface area contributed by atoms with Gasteiger partial charge in [0.15, 0.2) is 5.78 Å². The zero-order valence-corrected chi connectivity index (χ0v) is 16.5. The van der Waals surface area contributed by atoms with Crippen LogP contribution in [0.15, 0.2) is 23.0 Å². The molecule has 1 saturated heterocycles. The van der Waals surface area contributed by atoms with Gasteiger partial charge in [0, 0.05) is 11.4 Å². The Morgan fingerprint density at radius 1 is 1.24 bits per heavy atom. The maximum absolute atomic E-state index is 12.5. The largest absolute Gasteiger partial charge is 0.507 e. The number of carbonyl (C=O) groups is 1. The van der Waals surface area contributed by atoms with Gasteiger partial charge in [0.25, 0.3) is 0 Å². The highest BCUT2D eigenvalue weighted by molar-refractivity contribution is 7.07. The first-order valence-electron chi connectivity index (χ1n) is 9.09. The summed E-state index contributed by atoms with van der Waals surface area (Å²) >= 11 is 1.37. The fourth-order valence-corrected chi connectivity index (χ4v) is 3.66. The lowest BCUT2D eigenvalue weighted by molar-refractivity contribution is -0.277. The van der Waals surface area contributed by atoms with Crippen molar-refractivity contribution in [2.24, 2.45) is 0 Å². The summed E-state index contributed by atoms with van der Waals surface area (Å²) in [4.78, 5) is 16.6. The second-order valence-corrected chi connectivity index (χ2v) is 7.44. The molecule has 2 aromatic rings. The number of phenolic OH excluding ortho intramolecular Hbond substituents is 1. The maximum Gasteiger partial charge on any atom is 0.229 e. The lowest BCUT2D eigenvalue weighted by Crippen LogP contribution is -2.60. The third-order valence-corrected chi connectivity index (χ3v) is 5.41. The van der Waals surface area contributed by atoms with E-state index in [2.05, 4.69) is 4.98 Å². The van der Waals surface area contributed by atoms with E-state index >= 15 is 0 Å². The Morgan fingerprint density at radius 2 is 2.00 bits per heavy atom. The van der Waals surface area contributed by atoms with Crippen LogP contribution in [0.25, 0.3) is 0 Å². The van der Waals surface area contributed by atoms with E-state index in [1.54, 1.807) is 10.9 Å². The summed E-state index contributed by atoms with van der Waals surface area (Å²) in [5.74, 6) is -0.455. The van der Waals surface area contributed by atoms with Crippen molar-refractivity contribution in [2.45, 2.75) is 50.5 Å². The summed E-state index contributed by atoms with van der Waals surface area (Å²) in [6.07, 6.45) is -6.66. The number of benzene rings is 1. The van der Waals surface area contributed by atoms with Crippen molar-refractivity contribution in [1.29, 1.82) is 0 Å². The number of aliphatic hydroxyl groups is 4. The van der Waals surface area contributed by atoms with Crippen LogP contribution in [0.5, 0.6) is 11.5 Å². The summed E-state index contributed by atoms with van der Waals surface area (Å²) in [5.41, 5.74) is 2.92. The van der Waals surface area contributed by atoms with Crippen LogP contribution in [0.3, 0.4) is 0 Å². The Kier molecular flexibility index (Phi) is 6.83. The van der Waals surface area contributed by atoms with Gasteiger partial charge in [0.1, 0.15) is 35.9 Å². The minimum Gasteiger partial charge on any atom is -0.507 e. The zero-order valence-electron chi connectivity index (χ0n) is 15.6. The predicted molar refractivity (Wildman–Crippen MR) is 102 cm³/mol. The Bertz CT molecular complexity index is 841. The molecule has 0 radical (unpaired) electrons. The SMILES string of the molecule is CCc1cc(C(=O)Cc2cscn2)c(O)cc1OC1OC(CO)C(O)C(O)C1O. The van der Waals surface area contributed by atoms with Crippen LogP contribution >= 0.6 is 11.3 Å². The van der Waals surface area contributed by atoms with Crippen LogP contribution in [0.2, 0.25) is 0 Å². The molecule has 1 aromatic carbocycles. The number of carbonyl (C=O) groups excluding carboxylic acids is 1. The van der Waals surface area contributed by atoms with Crippen LogP contribution in [0.4, 0.5) is 0 Å². The van der Waals surface area contributed by atoms with Gasteiger partial charge in [-0.05, 0) is 18.1 Å². The van der Waals surface area contributed by atoms with Crippen molar-refractivity contribution in [3.63, 3.8) is 0 Å². The Labute approximate surface area is 170 Å². The molecule has 5 atom stereocenters. The van der Waals surface area contributed by atoms with Crippen LogP contribution in [-0.4, -0.2) is 73.6 Å². The summed E-state index contributed by atoms with van der Waals surface area (Å²) in [5, 5.41) is 51.3. The monoisotopic (exact) mass is 425 g/mol. The Balaban J connectivity index is 1.82. The molecule has 0 amide bonds. The molecule has 5 unspecified atom stereocenters. The second-order valence-electron chi connectivity index (χ2n) is 6.73. The van der Waals surface area contributed by atoms with Crippen molar-refractivity contribution in [1.82, 2.24) is 4.98 Å². The summed E-state index contributed by atoms with van der Waals surface area (Å²) < 4.78 is 11.0. The maximum atomic E-state index is 12.5. The molecule has 0 spiro atoms. The quantitative estimate of drug-likeness (QED) is 0.387. The van der Waals surface area contributed by atoms with E-state index in [0.29, 0.717) is 17.7 Å². The molecule has 5 N–H and O–H groups in total. The van der Waals surface area contributed by atoms with Crippen molar-refractivity contribution >= 4 is 17.1 Å². The van der Waals surface area contributed by atoms with E-state index in [4.69, 9.17) is 9.47 Å². The molecule has 0 saturated carbocycles. The molecular weight excluding hydrogens is 402 g/mol. The molecule has 2 heterocycles. The predicted octanol–water partition coefficient (Wildman–Crippen LogP) is 0.0152. The smallest absolute Gasteiger partial charge is 0.229 e. The van der Waals surface area contributed by atoms with Crippen molar-refractivity contribution in [2.75, 3.05) is 6.61 Å². The molecule has 1 aromatic heterocycles. The van der Waals surface area contributed by atoms with E-state index in [0.717, 1.165) is 0 Å². The number of aromatic nitrogens is 1. The van der Waals surface area contributed by atoms with Gasteiger partial charge in [0.2, 0.25) is 6.29 Å². The number of thiazole rings is 1. The third kappa shape index (κ3) is 4.58. The van der Waals surface area contributed by atoms with Crippen LogP contribution in [0, 0.1) is 0 Å². The number of nitrogens with zero attached hydrogens (tertiary/aromatic N) is 1. The van der Waals surface area contributed by atoms with Crippen molar-refractivity contribution in [3.05, 3.63) is 39.8 Å². The molecule has 0 aliphatic carbocycles. The summed E-state index contributed by atoms with van der Waals surface area (Å²) in [6, 6.07) is 2.75. The Hall–Kier alpha value is -2.08. The molecule has 0 bridgehead atoms. The first-order chi connectivity index (χ1) is 13.8. The number of hydrogen-bond acceptors (Lipinski definition) is 10. The number of aromatic hydroxyl groups is 1. The van der Waals surface area contributed by atoms with Gasteiger partial charge in [-0.1, -0.05) is 6.92 Å². The average molecular weight is 425 g/mol. The lowest BCUT2D eigenvalue weighted by atomic mass is 9.99. The van der Waals surface area contributed by atoms with E-state index in [-0.39, 0.29) is 29.3 Å². The van der Waals surface area contributed by atoms with Crippen LogP contribution in [-0.2, 0) is 17.6 Å². The highest BCUT2D eigenvalue weighted by Gasteiger charge is 2.44. The first kappa shape index (κ1) is 21.6. The molecule has 1 aliphatic rings. The molecular formula is C19H23NO8S. The number of hydrogen-bond donors (Lipinski definition) is 5. The number of aryl methyl sites for hydroxylation is 1. The fourth-order valence-electron chi connectivity index (χ4n) is 3.10. The zero-order chi connectivity index (χ0) is 21.1. The summed E-state index contributed by atoms with van der Waals surface area (Å²) in [7, 11) is 0. The molecule has 3 rings (SSSR count). The molecule has 9 nitrogen and oxygen atoms in total. The first-order valence-corrected chi connectivity index (χ1v) is 10.0. The fraction of sp³-hybridized carbons (Fsp3) is 0.474. The normalized spacial score (nSPS) is 27.0. The van der Waals surface area contributed by atoms with Gasteiger partial charge in [-0.2, -0.15) is 0 Å². The van der Waals surface area contributed by atoms with E-state index in [9.17, 15) is 30.3 Å². The third-order valence-electron chi connectivity index (χ3n) is 4.78. The van der Waals surface area contributed by atoms with Crippen molar-refractivity contribution < 1.29 is 39.8 Å². The van der Waals surface area contributed by atoms with Gasteiger partial charge < -0.3 is 35.0 Å². The highest BCUT2D eigenvalue weighted by Crippen LogP contribution is 2.32. The number of ketones is 1. The standard InChI is InChI=1S/C19H23NO8S/c1-2-9-3-11(12(22)4-10-7-29-8-20-10)13(23)5-14(9)27-19-18(26)17(25)16(24)15(6-21)28-19/h3,5,7-8,15-19,21,23-26H,2,4,6H2,1H3. The Morgan fingerprint density at radius 3 is 2.62 bits per heavy atom.